The smallest absolute Gasteiger partial charge is 0.140 e. The van der Waals surface area contributed by atoms with Crippen molar-refractivity contribution in [2.75, 3.05) is 0 Å². The predicted molar refractivity (Wildman–Crippen MR) is 71.2 cm³/mol. The molecule has 0 saturated heterocycles. The molecular weight excluding hydrogens is 243 g/mol. The van der Waals surface area contributed by atoms with Crippen molar-refractivity contribution < 1.29 is 9.50 Å². The van der Waals surface area contributed by atoms with Crippen molar-refractivity contribution in [1.82, 2.24) is 9.55 Å². The molecule has 4 heteroatoms. The van der Waals surface area contributed by atoms with E-state index < -0.39 is 0 Å². The van der Waals surface area contributed by atoms with Gasteiger partial charge in [-0.3, -0.25) is 0 Å². The average molecular weight is 256 g/mol. The fourth-order valence-electron chi connectivity index (χ4n) is 2.25. The summed E-state index contributed by atoms with van der Waals surface area (Å²) in [6, 6.07) is 10.4. The molecule has 0 aliphatic carbocycles. The van der Waals surface area contributed by atoms with E-state index >= 15 is 0 Å². The summed E-state index contributed by atoms with van der Waals surface area (Å²) in [6.45, 7) is 0.354. The number of nitrogens with zero attached hydrogens (tertiary/aromatic N) is 2. The molecule has 0 fully saturated rings. The summed E-state index contributed by atoms with van der Waals surface area (Å²) in [5.74, 6) is -0.231. The molecule has 2 aromatic heterocycles. The zero-order chi connectivity index (χ0) is 13.2. The van der Waals surface area contributed by atoms with Crippen molar-refractivity contribution in [3.8, 4) is 0 Å². The maximum Gasteiger partial charge on any atom is 0.140 e. The first-order chi connectivity index (χ1) is 9.29. The zero-order valence-corrected chi connectivity index (χ0v) is 10.3. The van der Waals surface area contributed by atoms with Gasteiger partial charge in [0.05, 0.1) is 13.2 Å². The highest BCUT2D eigenvalue weighted by Gasteiger charge is 2.10. The van der Waals surface area contributed by atoms with Gasteiger partial charge >= 0.3 is 0 Å². The molecular formula is C15H13FN2O. The van der Waals surface area contributed by atoms with Crippen molar-refractivity contribution in [1.29, 1.82) is 0 Å². The number of halogens is 1. The minimum atomic E-state index is -0.231. The van der Waals surface area contributed by atoms with Crippen LogP contribution in [0, 0.1) is 5.82 Å². The molecule has 0 amide bonds. The first-order valence-electron chi connectivity index (χ1n) is 6.06. The lowest BCUT2D eigenvalue weighted by atomic mass is 10.2. The monoisotopic (exact) mass is 256 g/mol. The average Bonchev–Trinajstić information content (AvgIpc) is 2.80. The van der Waals surface area contributed by atoms with E-state index in [0.717, 1.165) is 16.6 Å². The van der Waals surface area contributed by atoms with E-state index in [1.54, 1.807) is 18.3 Å². The quantitative estimate of drug-likeness (QED) is 0.782. The molecule has 3 aromatic rings. The normalized spacial score (nSPS) is 11.1. The Morgan fingerprint density at radius 3 is 2.74 bits per heavy atom. The minimum Gasteiger partial charge on any atom is -0.392 e. The molecule has 0 saturated carbocycles. The zero-order valence-electron chi connectivity index (χ0n) is 10.3. The van der Waals surface area contributed by atoms with E-state index in [0.29, 0.717) is 12.1 Å². The Hall–Kier alpha value is -2.20. The molecule has 3 rings (SSSR count). The third-order valence-electron chi connectivity index (χ3n) is 3.19. The highest BCUT2D eigenvalue weighted by molar-refractivity contribution is 5.80. The van der Waals surface area contributed by atoms with Gasteiger partial charge in [-0.05, 0) is 18.2 Å². The van der Waals surface area contributed by atoms with Crippen LogP contribution in [0.5, 0.6) is 0 Å². The standard InChI is InChI=1S/C15H13FN2O/c16-14-6-2-1-4-11(14)8-18-9-12(10-19)13-5-3-7-17-15(13)18/h1-7,9,19H,8,10H2. The number of hydrogen-bond acceptors (Lipinski definition) is 2. The third-order valence-corrected chi connectivity index (χ3v) is 3.19. The first-order valence-corrected chi connectivity index (χ1v) is 6.06. The molecule has 1 aromatic carbocycles. The van der Waals surface area contributed by atoms with E-state index in [1.807, 2.05) is 29.0 Å². The Kier molecular flexibility index (Phi) is 3.01. The maximum absolute atomic E-state index is 13.7. The lowest BCUT2D eigenvalue weighted by molar-refractivity contribution is 0.283. The van der Waals surface area contributed by atoms with Crippen LogP contribution in [0.2, 0.25) is 0 Å². The topological polar surface area (TPSA) is 38.0 Å². The summed E-state index contributed by atoms with van der Waals surface area (Å²) in [6.07, 6.45) is 3.52. The van der Waals surface area contributed by atoms with Gasteiger partial charge in [-0.1, -0.05) is 18.2 Å². The van der Waals surface area contributed by atoms with Gasteiger partial charge in [0, 0.05) is 28.9 Å². The molecule has 2 heterocycles. The van der Waals surface area contributed by atoms with Gasteiger partial charge < -0.3 is 9.67 Å². The lowest BCUT2D eigenvalue weighted by Crippen LogP contribution is -2.01. The van der Waals surface area contributed by atoms with Gasteiger partial charge in [-0.2, -0.15) is 0 Å². The molecule has 0 radical (unpaired) electrons. The van der Waals surface area contributed by atoms with Gasteiger partial charge in [0.2, 0.25) is 0 Å². The molecule has 0 atom stereocenters. The van der Waals surface area contributed by atoms with Gasteiger partial charge in [-0.15, -0.1) is 0 Å². The number of rotatable bonds is 3. The molecule has 0 bridgehead atoms. The number of hydrogen-bond donors (Lipinski definition) is 1. The summed E-state index contributed by atoms with van der Waals surface area (Å²) in [7, 11) is 0. The van der Waals surface area contributed by atoms with E-state index in [4.69, 9.17) is 0 Å². The van der Waals surface area contributed by atoms with Gasteiger partial charge in [0.25, 0.3) is 0 Å². The molecule has 19 heavy (non-hydrogen) atoms. The molecule has 0 aliphatic heterocycles. The number of aliphatic hydroxyl groups excluding tert-OH is 1. The molecule has 1 N–H and O–H groups in total. The number of fused-ring (bicyclic) bond motifs is 1. The summed E-state index contributed by atoms with van der Waals surface area (Å²) >= 11 is 0. The van der Waals surface area contributed by atoms with Crippen molar-refractivity contribution in [3.63, 3.8) is 0 Å². The van der Waals surface area contributed by atoms with E-state index in [-0.39, 0.29) is 12.4 Å². The maximum atomic E-state index is 13.7. The summed E-state index contributed by atoms with van der Waals surface area (Å²) < 4.78 is 15.5. The van der Waals surface area contributed by atoms with E-state index in [9.17, 15) is 9.50 Å². The second-order valence-corrected chi connectivity index (χ2v) is 4.41. The second-order valence-electron chi connectivity index (χ2n) is 4.41. The number of aliphatic hydroxyl groups is 1. The van der Waals surface area contributed by atoms with Crippen molar-refractivity contribution in [3.05, 3.63) is 65.7 Å². The Bertz CT molecular complexity index is 721. The van der Waals surface area contributed by atoms with E-state index in [2.05, 4.69) is 4.98 Å². The fraction of sp³-hybridized carbons (Fsp3) is 0.133. The van der Waals surface area contributed by atoms with Crippen LogP contribution in [0.25, 0.3) is 11.0 Å². The Morgan fingerprint density at radius 2 is 1.95 bits per heavy atom. The second kappa shape index (κ2) is 4.82. The molecule has 0 unspecified atom stereocenters. The van der Waals surface area contributed by atoms with Crippen LogP contribution in [0.15, 0.2) is 48.8 Å². The molecule has 0 aliphatic rings. The summed E-state index contributed by atoms with van der Waals surface area (Å²) in [5.41, 5.74) is 2.17. The Labute approximate surface area is 109 Å². The molecule has 96 valence electrons. The molecule has 0 spiro atoms. The summed E-state index contributed by atoms with van der Waals surface area (Å²) in [4.78, 5) is 4.31. The predicted octanol–water partition coefficient (Wildman–Crippen LogP) is 2.72. The minimum absolute atomic E-state index is 0.0491. The Balaban J connectivity index is 2.09. The van der Waals surface area contributed by atoms with Gasteiger partial charge in [0.1, 0.15) is 11.5 Å². The lowest BCUT2D eigenvalue weighted by Gasteiger charge is -2.05. The Morgan fingerprint density at radius 1 is 1.11 bits per heavy atom. The van der Waals surface area contributed by atoms with Crippen LogP contribution in [0.1, 0.15) is 11.1 Å². The fourth-order valence-corrected chi connectivity index (χ4v) is 2.25. The number of aromatic nitrogens is 2. The molecule has 3 nitrogen and oxygen atoms in total. The van der Waals surface area contributed by atoms with Crippen molar-refractivity contribution >= 4 is 11.0 Å². The highest BCUT2D eigenvalue weighted by Crippen LogP contribution is 2.21. The van der Waals surface area contributed by atoms with Crippen LogP contribution < -0.4 is 0 Å². The first kappa shape index (κ1) is 11.9. The van der Waals surface area contributed by atoms with Crippen LogP contribution >= 0.6 is 0 Å². The van der Waals surface area contributed by atoms with E-state index in [1.165, 1.54) is 6.07 Å². The van der Waals surface area contributed by atoms with Crippen LogP contribution in [-0.4, -0.2) is 14.7 Å². The number of pyridine rings is 1. The van der Waals surface area contributed by atoms with Crippen LogP contribution in [0.4, 0.5) is 4.39 Å². The van der Waals surface area contributed by atoms with Crippen LogP contribution in [0.3, 0.4) is 0 Å². The third kappa shape index (κ3) is 2.11. The van der Waals surface area contributed by atoms with Crippen molar-refractivity contribution in [2.45, 2.75) is 13.2 Å². The van der Waals surface area contributed by atoms with Gasteiger partial charge in [0.15, 0.2) is 0 Å². The van der Waals surface area contributed by atoms with Crippen molar-refractivity contribution in [2.24, 2.45) is 0 Å². The number of benzene rings is 1. The SMILES string of the molecule is OCc1cn(Cc2ccccc2F)c2ncccc12. The largest absolute Gasteiger partial charge is 0.392 e. The van der Waals surface area contributed by atoms with Gasteiger partial charge in [-0.25, -0.2) is 9.37 Å². The summed E-state index contributed by atoms with van der Waals surface area (Å²) in [5, 5.41) is 10.3. The van der Waals surface area contributed by atoms with Crippen LogP contribution in [-0.2, 0) is 13.2 Å². The highest BCUT2D eigenvalue weighted by atomic mass is 19.1.